The van der Waals surface area contributed by atoms with Crippen molar-refractivity contribution in [3.63, 3.8) is 0 Å². The Morgan fingerprint density at radius 1 is 0.979 bits per heavy atom. The van der Waals surface area contributed by atoms with Crippen LogP contribution in [0.1, 0.15) is 30.9 Å². The Morgan fingerprint density at radius 2 is 1.69 bits per heavy atom. The van der Waals surface area contributed by atoms with E-state index in [1.54, 1.807) is 26.4 Å². The average molecular weight is 688 g/mol. The third kappa shape index (κ3) is 7.23. The summed E-state index contributed by atoms with van der Waals surface area (Å²) in [5, 5.41) is 19.9. The number of aliphatic hydroxyl groups excluding tert-OH is 1. The maximum absolute atomic E-state index is 13.2. The fourth-order valence-corrected chi connectivity index (χ4v) is 6.52. The zero-order valence-electron chi connectivity index (χ0n) is 26.6. The number of hydrogen-bond acceptors (Lipinski definition) is 8. The quantitative estimate of drug-likeness (QED) is 0.140. The highest BCUT2D eigenvalue weighted by Crippen LogP contribution is 2.42. The number of carbonyl (C=O) groups excluding carboxylic acids is 1. The van der Waals surface area contributed by atoms with Crippen LogP contribution in [0, 0.1) is 0 Å². The molecule has 48 heavy (non-hydrogen) atoms. The van der Waals surface area contributed by atoms with Gasteiger partial charge in [-0.15, -0.1) is 0 Å². The molecule has 0 aliphatic carbocycles. The van der Waals surface area contributed by atoms with Crippen molar-refractivity contribution in [1.29, 1.82) is 0 Å². The summed E-state index contributed by atoms with van der Waals surface area (Å²) < 4.78 is 7.09. The molecule has 0 bridgehead atoms. The number of rotatable bonds is 12. The summed E-state index contributed by atoms with van der Waals surface area (Å²) in [6.07, 6.45) is 4.16. The van der Waals surface area contributed by atoms with E-state index in [2.05, 4.69) is 20.9 Å². The van der Waals surface area contributed by atoms with E-state index in [9.17, 15) is 14.7 Å². The van der Waals surface area contributed by atoms with E-state index in [4.69, 9.17) is 32.9 Å². The minimum Gasteiger partial charge on any atom is -0.481 e. The van der Waals surface area contributed by atoms with Crippen molar-refractivity contribution in [2.45, 2.75) is 45.0 Å². The lowest BCUT2D eigenvalue weighted by atomic mass is 9.97. The van der Waals surface area contributed by atoms with Gasteiger partial charge in [0.05, 0.1) is 29.0 Å². The van der Waals surface area contributed by atoms with Gasteiger partial charge in [-0.3, -0.25) is 14.0 Å². The number of amides is 1. The van der Waals surface area contributed by atoms with E-state index < -0.39 is 6.10 Å². The molecule has 0 radical (unpaired) electrons. The van der Waals surface area contributed by atoms with Gasteiger partial charge in [0.15, 0.2) is 0 Å². The molecular formula is C36H36Cl2N6O4. The Labute approximate surface area is 288 Å². The summed E-state index contributed by atoms with van der Waals surface area (Å²) in [6, 6.07) is 19.1. The van der Waals surface area contributed by atoms with Gasteiger partial charge in [-0.25, -0.2) is 9.97 Å². The molecule has 1 fully saturated rings. The second-order valence-corrected chi connectivity index (χ2v) is 12.6. The van der Waals surface area contributed by atoms with Gasteiger partial charge in [0.25, 0.3) is 5.56 Å². The second kappa shape index (κ2) is 14.8. The molecule has 0 spiro atoms. The normalized spacial score (nSPS) is 15.1. The van der Waals surface area contributed by atoms with Crippen LogP contribution in [0.4, 0.5) is 0 Å². The molecule has 10 nitrogen and oxygen atoms in total. The number of pyridine rings is 2. The molecular weight excluding hydrogens is 651 g/mol. The minimum absolute atomic E-state index is 0.0614. The molecule has 0 saturated carbocycles. The summed E-state index contributed by atoms with van der Waals surface area (Å²) in [4.78, 5) is 34.0. The number of aliphatic hydroxyl groups is 1. The number of ether oxygens (including phenoxy) is 1. The summed E-state index contributed by atoms with van der Waals surface area (Å²) >= 11 is 14.1. The smallest absolute Gasteiger partial charge is 0.262 e. The SMILES string of the molecule is COc1nc(-c2cccc(-c3cccc(-c4ccn5c(=O)c(CNCC6CCC(=O)N6)cnc5c4)c3Cl)c2Cl)ccc1CNCC(C)O. The molecule has 1 amide bonds. The Bertz CT molecular complexity index is 2030. The maximum atomic E-state index is 13.2. The van der Waals surface area contributed by atoms with E-state index in [-0.39, 0.29) is 17.5 Å². The van der Waals surface area contributed by atoms with Crippen LogP contribution in [-0.2, 0) is 17.9 Å². The fraction of sp³-hybridized carbons (Fsp3) is 0.278. The van der Waals surface area contributed by atoms with E-state index >= 15 is 0 Å². The highest BCUT2D eigenvalue weighted by molar-refractivity contribution is 6.39. The highest BCUT2D eigenvalue weighted by Gasteiger charge is 2.21. The van der Waals surface area contributed by atoms with Crippen LogP contribution in [0.25, 0.3) is 39.2 Å². The molecule has 4 heterocycles. The number of nitrogens with zero attached hydrogens (tertiary/aromatic N) is 3. The van der Waals surface area contributed by atoms with Gasteiger partial charge in [0, 0.05) is 84.4 Å². The zero-order chi connectivity index (χ0) is 33.8. The van der Waals surface area contributed by atoms with Gasteiger partial charge in [-0.2, -0.15) is 0 Å². The van der Waals surface area contributed by atoms with Crippen LogP contribution < -0.4 is 26.2 Å². The third-order valence-electron chi connectivity index (χ3n) is 8.33. The number of halogens is 2. The van der Waals surface area contributed by atoms with Gasteiger partial charge in [-0.05, 0) is 37.1 Å². The number of hydrogen-bond donors (Lipinski definition) is 4. The first-order valence-electron chi connectivity index (χ1n) is 15.7. The van der Waals surface area contributed by atoms with Crippen molar-refractivity contribution in [2.24, 2.45) is 0 Å². The number of methoxy groups -OCH3 is 1. The Balaban J connectivity index is 1.25. The van der Waals surface area contributed by atoms with E-state index in [1.807, 2.05) is 60.7 Å². The summed E-state index contributed by atoms with van der Waals surface area (Å²) in [6.45, 7) is 3.62. The first kappa shape index (κ1) is 33.6. The van der Waals surface area contributed by atoms with Crippen molar-refractivity contribution in [2.75, 3.05) is 20.2 Å². The summed E-state index contributed by atoms with van der Waals surface area (Å²) in [7, 11) is 1.57. The summed E-state index contributed by atoms with van der Waals surface area (Å²) in [5.41, 5.74) is 6.17. The third-order valence-corrected chi connectivity index (χ3v) is 9.15. The van der Waals surface area contributed by atoms with Gasteiger partial charge < -0.3 is 25.8 Å². The molecule has 6 rings (SSSR count). The number of nitrogens with one attached hydrogen (secondary N) is 3. The van der Waals surface area contributed by atoms with Crippen molar-refractivity contribution in [1.82, 2.24) is 30.3 Å². The van der Waals surface area contributed by atoms with Crippen LogP contribution in [0.2, 0.25) is 10.0 Å². The molecule has 2 unspecified atom stereocenters. The number of fused-ring (bicyclic) bond motifs is 1. The van der Waals surface area contributed by atoms with E-state index in [0.717, 1.165) is 39.8 Å². The molecule has 2 aromatic carbocycles. The predicted octanol–water partition coefficient (Wildman–Crippen LogP) is 5.24. The van der Waals surface area contributed by atoms with Crippen LogP contribution in [0.3, 0.4) is 0 Å². The molecule has 3 aromatic heterocycles. The predicted molar refractivity (Wildman–Crippen MR) is 188 cm³/mol. The van der Waals surface area contributed by atoms with E-state index in [0.29, 0.717) is 65.4 Å². The topological polar surface area (TPSA) is 130 Å². The van der Waals surface area contributed by atoms with Crippen molar-refractivity contribution in [3.05, 3.63) is 105 Å². The maximum Gasteiger partial charge on any atom is 0.262 e. The number of aromatic nitrogens is 3. The summed E-state index contributed by atoms with van der Waals surface area (Å²) in [5.74, 6) is 0.532. The molecule has 1 saturated heterocycles. The molecule has 248 valence electrons. The molecule has 12 heteroatoms. The van der Waals surface area contributed by atoms with E-state index in [1.165, 1.54) is 4.40 Å². The Kier molecular flexibility index (Phi) is 10.4. The number of carbonyl (C=O) groups is 1. The van der Waals surface area contributed by atoms with Crippen LogP contribution in [0.5, 0.6) is 5.88 Å². The lowest BCUT2D eigenvalue weighted by molar-refractivity contribution is -0.119. The van der Waals surface area contributed by atoms with Crippen LogP contribution in [0.15, 0.2) is 77.9 Å². The van der Waals surface area contributed by atoms with Crippen LogP contribution >= 0.6 is 23.2 Å². The van der Waals surface area contributed by atoms with Gasteiger partial charge >= 0.3 is 0 Å². The molecule has 1 aliphatic rings. The van der Waals surface area contributed by atoms with Crippen LogP contribution in [-0.4, -0.2) is 57.7 Å². The lowest BCUT2D eigenvalue weighted by Gasteiger charge is -2.15. The Hall–Kier alpha value is -4.32. The molecule has 2 atom stereocenters. The second-order valence-electron chi connectivity index (χ2n) is 11.8. The fourth-order valence-electron chi connectivity index (χ4n) is 5.86. The lowest BCUT2D eigenvalue weighted by Crippen LogP contribution is -2.36. The van der Waals surface area contributed by atoms with Gasteiger partial charge in [0.1, 0.15) is 5.65 Å². The molecule has 4 N–H and O–H groups in total. The van der Waals surface area contributed by atoms with Gasteiger partial charge in [0.2, 0.25) is 11.8 Å². The van der Waals surface area contributed by atoms with Gasteiger partial charge in [-0.1, -0.05) is 65.7 Å². The van der Waals surface area contributed by atoms with Crippen molar-refractivity contribution in [3.8, 4) is 39.4 Å². The standard InChI is InChI=1S/C36H36Cl2N6O4/c1-21(45)16-39-17-23-9-11-30(43-35(23)48-2)29-8-4-7-28(34(29)38)27-6-3-5-26(33(27)37)22-13-14-44-31(15-22)41-19-24(36(44)47)18-40-20-25-10-12-32(46)42-25/h3-9,11,13-15,19,21,25,39-40,45H,10,12,16-18,20H2,1-2H3,(H,42,46). The zero-order valence-corrected chi connectivity index (χ0v) is 28.1. The minimum atomic E-state index is -0.460. The van der Waals surface area contributed by atoms with Crippen molar-refractivity contribution < 1.29 is 14.6 Å². The van der Waals surface area contributed by atoms with Crippen molar-refractivity contribution >= 4 is 34.8 Å². The largest absolute Gasteiger partial charge is 0.481 e. The molecule has 1 aliphatic heterocycles. The average Bonchev–Trinajstić information content (AvgIpc) is 3.50. The molecule has 5 aromatic rings. The first-order valence-corrected chi connectivity index (χ1v) is 16.5. The monoisotopic (exact) mass is 686 g/mol. The number of benzene rings is 2. The highest BCUT2D eigenvalue weighted by atomic mass is 35.5. The Morgan fingerprint density at radius 3 is 2.40 bits per heavy atom. The first-order chi connectivity index (χ1) is 23.2.